The third-order valence-corrected chi connectivity index (χ3v) is 6.85. The van der Waals surface area contributed by atoms with Crippen molar-refractivity contribution in [3.63, 3.8) is 0 Å². The maximum absolute atomic E-state index is 6.32. The van der Waals surface area contributed by atoms with Crippen LogP contribution in [0.1, 0.15) is 17.5 Å². The molecule has 3 aromatic carbocycles. The van der Waals surface area contributed by atoms with Crippen molar-refractivity contribution >= 4 is 45.7 Å². The van der Waals surface area contributed by atoms with Gasteiger partial charge in [0.2, 0.25) is 5.16 Å². The van der Waals surface area contributed by atoms with Crippen molar-refractivity contribution in [1.82, 2.24) is 25.5 Å². The van der Waals surface area contributed by atoms with Crippen LogP contribution in [0, 0.1) is 0 Å². The minimum absolute atomic E-state index is 0.312. The predicted octanol–water partition coefficient (Wildman–Crippen LogP) is 5.52. The van der Waals surface area contributed by atoms with E-state index in [9.17, 15) is 0 Å². The molecule has 0 saturated heterocycles. The van der Waals surface area contributed by atoms with Gasteiger partial charge in [-0.05, 0) is 52.4 Å². The summed E-state index contributed by atoms with van der Waals surface area (Å²) in [7, 11) is 1.85. The minimum Gasteiger partial charge on any atom is -0.488 e. The highest BCUT2D eigenvalue weighted by molar-refractivity contribution is 7.99. The fourth-order valence-electron chi connectivity index (χ4n) is 3.37. The van der Waals surface area contributed by atoms with Crippen LogP contribution in [-0.4, -0.2) is 32.5 Å². The minimum atomic E-state index is 0.312. The highest BCUT2D eigenvalue weighted by atomic mass is 35.5. The van der Waals surface area contributed by atoms with E-state index in [1.54, 1.807) is 16.4 Å². The number of aromatic nitrogens is 4. The molecule has 0 unspecified atom stereocenters. The van der Waals surface area contributed by atoms with Crippen LogP contribution in [0.3, 0.4) is 0 Å². The van der Waals surface area contributed by atoms with Gasteiger partial charge >= 0.3 is 0 Å². The van der Waals surface area contributed by atoms with Crippen molar-refractivity contribution in [3.05, 3.63) is 75.8 Å². The van der Waals surface area contributed by atoms with Crippen LogP contribution >= 0.6 is 35.0 Å². The van der Waals surface area contributed by atoms with E-state index < -0.39 is 0 Å². The Labute approximate surface area is 201 Å². The number of hydrogen-bond donors (Lipinski definition) is 1. The maximum atomic E-state index is 6.32. The van der Waals surface area contributed by atoms with Crippen molar-refractivity contribution in [2.75, 3.05) is 12.3 Å². The van der Waals surface area contributed by atoms with E-state index >= 15 is 0 Å². The van der Waals surface area contributed by atoms with E-state index in [1.807, 2.05) is 43.4 Å². The number of hydrogen-bond acceptors (Lipinski definition) is 6. The maximum Gasteiger partial charge on any atom is 0.209 e. The summed E-state index contributed by atoms with van der Waals surface area (Å²) in [5.41, 5.74) is 1.91. The molecule has 4 aromatic rings. The summed E-state index contributed by atoms with van der Waals surface area (Å²) in [5, 5.41) is 19.4. The molecule has 6 nitrogen and oxygen atoms in total. The number of nitrogens with zero attached hydrogens (tertiary/aromatic N) is 4. The summed E-state index contributed by atoms with van der Waals surface area (Å²) in [6, 6.07) is 17.9. The van der Waals surface area contributed by atoms with Gasteiger partial charge in [0, 0.05) is 40.5 Å². The summed E-state index contributed by atoms with van der Waals surface area (Å²) in [6.07, 6.45) is 0.994. The van der Waals surface area contributed by atoms with Crippen molar-refractivity contribution in [3.8, 4) is 5.75 Å². The molecule has 0 fully saturated rings. The van der Waals surface area contributed by atoms with Gasteiger partial charge in [0.15, 0.2) is 0 Å². The number of halogens is 2. The van der Waals surface area contributed by atoms with Crippen molar-refractivity contribution in [2.45, 2.75) is 24.7 Å². The molecular weight excluding hydrogens is 465 g/mol. The highest BCUT2D eigenvalue weighted by Crippen LogP contribution is 2.31. The van der Waals surface area contributed by atoms with Gasteiger partial charge in [-0.1, -0.05) is 71.4 Å². The Morgan fingerprint density at radius 1 is 1.00 bits per heavy atom. The van der Waals surface area contributed by atoms with Crippen LogP contribution in [0.2, 0.25) is 10.0 Å². The SMILES string of the molecule is Cn1nnnc1SCCCNCc1c(OCc2c(Cl)cccc2Cl)ccc2ccccc12. The van der Waals surface area contributed by atoms with Crippen molar-refractivity contribution in [2.24, 2.45) is 7.05 Å². The molecule has 0 aliphatic carbocycles. The molecule has 0 spiro atoms. The Morgan fingerprint density at radius 3 is 2.59 bits per heavy atom. The zero-order valence-electron chi connectivity index (χ0n) is 17.6. The van der Waals surface area contributed by atoms with Gasteiger partial charge in [0.25, 0.3) is 0 Å². The molecule has 0 saturated carbocycles. The lowest BCUT2D eigenvalue weighted by atomic mass is 10.0. The quantitative estimate of drug-likeness (QED) is 0.234. The predicted molar refractivity (Wildman–Crippen MR) is 131 cm³/mol. The van der Waals surface area contributed by atoms with E-state index in [1.165, 1.54) is 10.8 Å². The van der Waals surface area contributed by atoms with Crippen LogP contribution in [0.15, 0.2) is 59.8 Å². The normalized spacial score (nSPS) is 11.2. The fraction of sp³-hybridized carbons (Fsp3) is 0.261. The van der Waals surface area contributed by atoms with Crippen LogP contribution in [0.25, 0.3) is 10.8 Å². The molecule has 1 heterocycles. The molecule has 4 rings (SSSR count). The first kappa shape index (κ1) is 22.9. The average molecular weight is 488 g/mol. The summed E-state index contributed by atoms with van der Waals surface area (Å²) >= 11 is 14.3. The largest absolute Gasteiger partial charge is 0.488 e. The average Bonchev–Trinajstić information content (AvgIpc) is 3.21. The number of tetrazole rings is 1. The van der Waals surface area contributed by atoms with Crippen molar-refractivity contribution < 1.29 is 4.74 Å². The number of benzene rings is 3. The van der Waals surface area contributed by atoms with Crippen LogP contribution < -0.4 is 10.1 Å². The summed E-state index contributed by atoms with van der Waals surface area (Å²) in [5.74, 6) is 1.76. The lowest BCUT2D eigenvalue weighted by Crippen LogP contribution is -2.16. The number of rotatable bonds is 10. The molecule has 32 heavy (non-hydrogen) atoms. The zero-order valence-corrected chi connectivity index (χ0v) is 19.9. The molecule has 0 aliphatic rings. The number of thioether (sulfide) groups is 1. The van der Waals surface area contributed by atoms with Gasteiger partial charge in [-0.15, -0.1) is 5.10 Å². The highest BCUT2D eigenvalue weighted by Gasteiger charge is 2.12. The second kappa shape index (κ2) is 11.0. The molecule has 1 aromatic heterocycles. The van der Waals surface area contributed by atoms with Crippen molar-refractivity contribution in [1.29, 1.82) is 0 Å². The molecule has 1 N–H and O–H groups in total. The number of nitrogens with one attached hydrogen (secondary N) is 1. The monoisotopic (exact) mass is 487 g/mol. The molecule has 0 radical (unpaired) electrons. The molecule has 0 atom stereocenters. The Kier molecular flexibility index (Phi) is 7.86. The molecular formula is C23H23Cl2N5OS. The molecule has 0 bridgehead atoms. The van der Waals surface area contributed by atoms with Gasteiger partial charge in [0.1, 0.15) is 12.4 Å². The Balaban J connectivity index is 1.41. The first-order chi connectivity index (χ1) is 15.6. The number of ether oxygens (including phenoxy) is 1. The van der Waals surface area contributed by atoms with E-state index in [0.717, 1.165) is 40.8 Å². The summed E-state index contributed by atoms with van der Waals surface area (Å²) < 4.78 is 7.88. The van der Waals surface area contributed by atoms with E-state index in [2.05, 4.69) is 39.0 Å². The standard InChI is InChI=1S/C23H23Cl2N5OS/c1-30-23(27-28-29-30)32-13-5-12-26-14-18-17-7-3-2-6-16(17)10-11-22(18)31-15-19-20(24)8-4-9-21(19)25/h2-4,6-11,26H,5,12-15H2,1H3. The second-order valence-corrected chi connectivity index (χ2v) is 9.09. The number of fused-ring (bicyclic) bond motifs is 1. The zero-order chi connectivity index (χ0) is 22.3. The first-order valence-electron chi connectivity index (χ1n) is 10.3. The summed E-state index contributed by atoms with van der Waals surface area (Å²) in [4.78, 5) is 0. The lowest BCUT2D eigenvalue weighted by molar-refractivity contribution is 0.303. The third kappa shape index (κ3) is 5.53. The van der Waals surface area contributed by atoms with Gasteiger partial charge < -0.3 is 10.1 Å². The molecule has 9 heteroatoms. The third-order valence-electron chi connectivity index (χ3n) is 5.04. The van der Waals surface area contributed by atoms with Gasteiger partial charge in [-0.3, -0.25) is 0 Å². The fourth-order valence-corrected chi connectivity index (χ4v) is 4.67. The van der Waals surface area contributed by atoms with Crippen LogP contribution in [-0.2, 0) is 20.2 Å². The van der Waals surface area contributed by atoms with Gasteiger partial charge in [-0.25, -0.2) is 4.68 Å². The first-order valence-corrected chi connectivity index (χ1v) is 12.0. The topological polar surface area (TPSA) is 64.9 Å². The molecule has 0 amide bonds. The Morgan fingerprint density at radius 2 is 1.81 bits per heavy atom. The molecule has 166 valence electrons. The molecule has 0 aliphatic heterocycles. The Bertz CT molecular complexity index is 1180. The van der Waals surface area contributed by atoms with Gasteiger partial charge in [0.05, 0.1) is 0 Å². The number of aryl methyl sites for hydroxylation is 1. The van der Waals surface area contributed by atoms with Crippen LogP contribution in [0.4, 0.5) is 0 Å². The van der Waals surface area contributed by atoms with Gasteiger partial charge in [-0.2, -0.15) is 0 Å². The second-order valence-electron chi connectivity index (χ2n) is 7.22. The Hall–Kier alpha value is -2.32. The van der Waals surface area contributed by atoms with E-state index in [4.69, 9.17) is 27.9 Å². The van der Waals surface area contributed by atoms with E-state index in [0.29, 0.717) is 23.2 Å². The smallest absolute Gasteiger partial charge is 0.209 e. The summed E-state index contributed by atoms with van der Waals surface area (Å²) in [6.45, 7) is 1.88. The lowest BCUT2D eigenvalue weighted by Gasteiger charge is -2.16. The van der Waals surface area contributed by atoms with E-state index in [-0.39, 0.29) is 0 Å². The van der Waals surface area contributed by atoms with Crippen LogP contribution in [0.5, 0.6) is 5.75 Å².